The maximum Gasteiger partial charge on any atom is 0.357 e. The summed E-state index contributed by atoms with van der Waals surface area (Å²) in [6.45, 7) is 2.14. The van der Waals surface area contributed by atoms with Crippen LogP contribution < -0.4 is 0 Å². The van der Waals surface area contributed by atoms with Gasteiger partial charge >= 0.3 is 5.97 Å². The Kier molecular flexibility index (Phi) is 4.69. The quantitative estimate of drug-likeness (QED) is 0.636. The van der Waals surface area contributed by atoms with E-state index >= 15 is 0 Å². The number of thiazole rings is 1. The van der Waals surface area contributed by atoms with Gasteiger partial charge in [0.1, 0.15) is 5.01 Å². The van der Waals surface area contributed by atoms with Crippen LogP contribution in [0.1, 0.15) is 22.4 Å². The van der Waals surface area contributed by atoms with Crippen molar-refractivity contribution in [3.63, 3.8) is 0 Å². The molecule has 0 fully saturated rings. The molecule has 76 valence electrons. The highest BCUT2D eigenvalue weighted by atomic mass is 32.1. The molecule has 0 unspecified atom stereocenters. The third-order valence-corrected chi connectivity index (χ3v) is 2.39. The Bertz CT molecular complexity index is 333. The molecule has 3 nitrogen and oxygen atoms in total. The lowest BCUT2D eigenvalue weighted by molar-refractivity contribution is 0.0520. The first-order chi connectivity index (χ1) is 6.77. The van der Waals surface area contributed by atoms with E-state index in [0.29, 0.717) is 18.1 Å². The molecule has 5 heteroatoms. The second kappa shape index (κ2) is 5.82. The van der Waals surface area contributed by atoms with Gasteiger partial charge in [0.2, 0.25) is 0 Å². The molecule has 1 aromatic heterocycles. The number of hydrogen-bond acceptors (Lipinski definition) is 5. The summed E-state index contributed by atoms with van der Waals surface area (Å²) in [5.41, 5.74) is 0.371. The van der Waals surface area contributed by atoms with Crippen molar-refractivity contribution >= 4 is 36.0 Å². The zero-order valence-corrected chi connectivity index (χ0v) is 9.48. The molecule has 0 radical (unpaired) electrons. The number of carbonyl (C=O) groups is 1. The molecule has 0 saturated heterocycles. The standard InChI is InChI=1S/C9H11NO2S2/c1-2-12-9(11)7-6-14-8(10-7)4-3-5-13/h3-4,6,13H,2,5H2,1H3. The van der Waals surface area contributed by atoms with E-state index < -0.39 is 0 Å². The van der Waals surface area contributed by atoms with Crippen molar-refractivity contribution in [2.24, 2.45) is 0 Å². The molecule has 1 aromatic rings. The lowest BCUT2D eigenvalue weighted by Crippen LogP contribution is -2.04. The van der Waals surface area contributed by atoms with Gasteiger partial charge in [-0.15, -0.1) is 11.3 Å². The summed E-state index contributed by atoms with van der Waals surface area (Å²) in [6.07, 6.45) is 3.71. The van der Waals surface area contributed by atoms with Crippen LogP contribution in [0.2, 0.25) is 0 Å². The average Bonchev–Trinajstić information content (AvgIpc) is 2.63. The van der Waals surface area contributed by atoms with Crippen LogP contribution >= 0.6 is 24.0 Å². The molecule has 0 aliphatic rings. The van der Waals surface area contributed by atoms with Gasteiger partial charge in [-0.1, -0.05) is 6.08 Å². The molecule has 0 aliphatic heterocycles. The van der Waals surface area contributed by atoms with Gasteiger partial charge in [-0.3, -0.25) is 0 Å². The molecule has 0 aromatic carbocycles. The average molecular weight is 229 g/mol. The van der Waals surface area contributed by atoms with Crippen molar-refractivity contribution in [3.05, 3.63) is 22.2 Å². The minimum Gasteiger partial charge on any atom is -0.461 e. The Balaban J connectivity index is 2.67. The normalized spacial score (nSPS) is 10.7. The van der Waals surface area contributed by atoms with E-state index in [1.54, 1.807) is 12.3 Å². The summed E-state index contributed by atoms with van der Waals surface area (Å²) in [5.74, 6) is 0.295. The maximum atomic E-state index is 11.2. The number of carbonyl (C=O) groups excluding carboxylic acids is 1. The zero-order valence-electron chi connectivity index (χ0n) is 7.77. The Morgan fingerprint density at radius 1 is 1.79 bits per heavy atom. The van der Waals surface area contributed by atoms with Crippen LogP contribution in [0.3, 0.4) is 0 Å². The first-order valence-corrected chi connectivity index (χ1v) is 5.69. The van der Waals surface area contributed by atoms with Gasteiger partial charge in [0.25, 0.3) is 0 Å². The van der Waals surface area contributed by atoms with E-state index in [9.17, 15) is 4.79 Å². The van der Waals surface area contributed by atoms with Crippen molar-refractivity contribution in [2.75, 3.05) is 12.4 Å². The van der Waals surface area contributed by atoms with E-state index in [4.69, 9.17) is 4.74 Å². The van der Waals surface area contributed by atoms with E-state index in [-0.39, 0.29) is 5.97 Å². The highest BCUT2D eigenvalue weighted by Crippen LogP contribution is 2.12. The lowest BCUT2D eigenvalue weighted by atomic mass is 10.5. The number of rotatable bonds is 4. The molecule has 1 rings (SSSR count). The minimum absolute atomic E-state index is 0.366. The first-order valence-electron chi connectivity index (χ1n) is 4.18. The molecule has 0 spiro atoms. The largest absolute Gasteiger partial charge is 0.461 e. The molecular weight excluding hydrogens is 218 g/mol. The van der Waals surface area contributed by atoms with Crippen molar-refractivity contribution < 1.29 is 9.53 Å². The van der Waals surface area contributed by atoms with E-state index in [0.717, 1.165) is 5.01 Å². The predicted octanol–water partition coefficient (Wildman–Crippen LogP) is 2.26. The SMILES string of the molecule is CCOC(=O)c1csc(C=CCS)n1. The van der Waals surface area contributed by atoms with Crippen molar-refractivity contribution in [3.8, 4) is 0 Å². The summed E-state index contributed by atoms with van der Waals surface area (Å²) in [6, 6.07) is 0. The Hall–Kier alpha value is -0.810. The summed E-state index contributed by atoms with van der Waals surface area (Å²) < 4.78 is 4.81. The maximum absolute atomic E-state index is 11.2. The molecule has 1 heterocycles. The molecule has 0 N–H and O–H groups in total. The second-order valence-corrected chi connectivity index (χ2v) is 3.63. The van der Waals surface area contributed by atoms with Gasteiger partial charge < -0.3 is 4.74 Å². The fourth-order valence-corrected chi connectivity index (χ4v) is 1.63. The van der Waals surface area contributed by atoms with Crippen LogP contribution in [0.25, 0.3) is 6.08 Å². The van der Waals surface area contributed by atoms with Crippen LogP contribution in [0.4, 0.5) is 0 Å². The van der Waals surface area contributed by atoms with Gasteiger partial charge in [-0.05, 0) is 13.0 Å². The minimum atomic E-state index is -0.366. The highest BCUT2D eigenvalue weighted by molar-refractivity contribution is 7.80. The number of aromatic nitrogens is 1. The monoisotopic (exact) mass is 229 g/mol. The Morgan fingerprint density at radius 3 is 3.21 bits per heavy atom. The number of nitrogens with zero attached hydrogens (tertiary/aromatic N) is 1. The van der Waals surface area contributed by atoms with Crippen molar-refractivity contribution in [1.29, 1.82) is 0 Å². The van der Waals surface area contributed by atoms with Gasteiger partial charge in [0.05, 0.1) is 6.61 Å². The molecule has 0 saturated carbocycles. The summed E-state index contributed by atoms with van der Waals surface area (Å²) in [5, 5.41) is 2.48. The van der Waals surface area contributed by atoms with Crippen LogP contribution in [0, 0.1) is 0 Å². The summed E-state index contributed by atoms with van der Waals surface area (Å²) in [4.78, 5) is 15.3. The molecular formula is C9H11NO2S2. The van der Waals surface area contributed by atoms with Crippen molar-refractivity contribution in [2.45, 2.75) is 6.92 Å². The fraction of sp³-hybridized carbons (Fsp3) is 0.333. The number of ether oxygens (including phenoxy) is 1. The van der Waals surface area contributed by atoms with E-state index in [1.807, 2.05) is 12.2 Å². The smallest absolute Gasteiger partial charge is 0.357 e. The lowest BCUT2D eigenvalue weighted by Gasteiger charge is -1.95. The second-order valence-electron chi connectivity index (χ2n) is 2.38. The third kappa shape index (κ3) is 3.16. The van der Waals surface area contributed by atoms with Crippen LogP contribution in [0.5, 0.6) is 0 Å². The number of thiol groups is 1. The molecule has 0 aliphatic carbocycles. The van der Waals surface area contributed by atoms with Gasteiger partial charge in [-0.25, -0.2) is 9.78 Å². The summed E-state index contributed by atoms with van der Waals surface area (Å²) in [7, 11) is 0. The number of esters is 1. The van der Waals surface area contributed by atoms with Gasteiger partial charge in [0, 0.05) is 11.1 Å². The molecule has 0 bridgehead atoms. The zero-order chi connectivity index (χ0) is 10.4. The summed E-state index contributed by atoms with van der Waals surface area (Å²) >= 11 is 5.44. The Morgan fingerprint density at radius 2 is 2.57 bits per heavy atom. The molecule has 0 atom stereocenters. The molecule has 14 heavy (non-hydrogen) atoms. The Labute approximate surface area is 92.2 Å². The van der Waals surface area contributed by atoms with Crippen LogP contribution in [-0.2, 0) is 4.74 Å². The van der Waals surface area contributed by atoms with Crippen LogP contribution in [0.15, 0.2) is 11.5 Å². The van der Waals surface area contributed by atoms with E-state index in [2.05, 4.69) is 17.6 Å². The molecule has 0 amide bonds. The third-order valence-electron chi connectivity index (χ3n) is 1.37. The van der Waals surface area contributed by atoms with Crippen molar-refractivity contribution in [1.82, 2.24) is 4.98 Å². The first kappa shape index (κ1) is 11.3. The fourth-order valence-electron chi connectivity index (χ4n) is 0.816. The van der Waals surface area contributed by atoms with Gasteiger partial charge in [0.15, 0.2) is 5.69 Å². The van der Waals surface area contributed by atoms with Gasteiger partial charge in [-0.2, -0.15) is 12.6 Å². The van der Waals surface area contributed by atoms with Crippen LogP contribution in [-0.4, -0.2) is 23.3 Å². The predicted molar refractivity (Wildman–Crippen MR) is 61.0 cm³/mol. The highest BCUT2D eigenvalue weighted by Gasteiger charge is 2.09. The topological polar surface area (TPSA) is 39.2 Å². The number of hydrogen-bond donors (Lipinski definition) is 1. The van der Waals surface area contributed by atoms with E-state index in [1.165, 1.54) is 11.3 Å².